The van der Waals surface area contributed by atoms with Gasteiger partial charge in [-0.3, -0.25) is 19.2 Å². The molecule has 4 unspecified atom stereocenters. The fourth-order valence-corrected chi connectivity index (χ4v) is 5.93. The number of likely N-dealkylation sites (tertiary alicyclic amines) is 2. The minimum Gasteiger partial charge on any atom is -0.369 e. The molecule has 3 heterocycles. The number of benzene rings is 1. The lowest BCUT2D eigenvalue weighted by Crippen LogP contribution is -2.54. The van der Waals surface area contributed by atoms with Crippen LogP contribution in [0.15, 0.2) is 24.3 Å². The maximum absolute atomic E-state index is 13.8. The van der Waals surface area contributed by atoms with Crippen molar-refractivity contribution in [3.63, 3.8) is 0 Å². The summed E-state index contributed by atoms with van der Waals surface area (Å²) in [5, 5.41) is 2.95. The molecule has 0 aliphatic carbocycles. The van der Waals surface area contributed by atoms with Gasteiger partial charge in [0.2, 0.25) is 11.8 Å². The molecule has 220 valence electrons. The van der Waals surface area contributed by atoms with E-state index < -0.39 is 23.5 Å². The van der Waals surface area contributed by atoms with Crippen LogP contribution in [0, 0.1) is 11.3 Å². The summed E-state index contributed by atoms with van der Waals surface area (Å²) < 4.78 is 0. The third kappa shape index (κ3) is 6.33. The molecular formula is C30H46N6O4. The molecule has 4 rings (SSSR count). The van der Waals surface area contributed by atoms with Gasteiger partial charge in [-0.15, -0.1) is 0 Å². The number of anilines is 1. The number of piperazine rings is 1. The van der Waals surface area contributed by atoms with Gasteiger partial charge in [0.05, 0.1) is 18.6 Å². The maximum Gasteiger partial charge on any atom is 0.251 e. The molecule has 0 bridgehead atoms. The van der Waals surface area contributed by atoms with Crippen LogP contribution in [0.4, 0.5) is 5.69 Å². The van der Waals surface area contributed by atoms with Crippen molar-refractivity contribution in [3.05, 3.63) is 29.8 Å². The maximum atomic E-state index is 13.8. The Hall–Kier alpha value is -2.98. The van der Waals surface area contributed by atoms with Crippen molar-refractivity contribution < 1.29 is 19.2 Å². The monoisotopic (exact) mass is 554 g/mol. The average molecular weight is 555 g/mol. The molecule has 0 radical (unpaired) electrons. The topological polar surface area (TPSA) is 119 Å². The van der Waals surface area contributed by atoms with Gasteiger partial charge in [-0.2, -0.15) is 0 Å². The largest absolute Gasteiger partial charge is 0.369 e. The van der Waals surface area contributed by atoms with Crippen LogP contribution in [-0.4, -0.2) is 109 Å². The van der Waals surface area contributed by atoms with Crippen LogP contribution < -0.4 is 16.0 Å². The van der Waals surface area contributed by atoms with E-state index in [1.165, 1.54) is 0 Å². The zero-order valence-electron chi connectivity index (χ0n) is 24.9. The first-order chi connectivity index (χ1) is 18.8. The number of ketones is 1. The van der Waals surface area contributed by atoms with Gasteiger partial charge in [0, 0.05) is 44.0 Å². The number of nitrogens with zero attached hydrogens (tertiary/aromatic N) is 4. The fourth-order valence-electron chi connectivity index (χ4n) is 5.93. The highest BCUT2D eigenvalue weighted by atomic mass is 16.2. The Balaban J connectivity index is 1.45. The number of carbonyl (C=O) groups is 4. The van der Waals surface area contributed by atoms with Crippen molar-refractivity contribution in [2.45, 2.75) is 71.6 Å². The van der Waals surface area contributed by atoms with Crippen LogP contribution in [0.1, 0.15) is 57.8 Å². The normalized spacial score (nSPS) is 23.4. The van der Waals surface area contributed by atoms with Gasteiger partial charge in [0.1, 0.15) is 12.1 Å². The van der Waals surface area contributed by atoms with E-state index in [2.05, 4.69) is 22.2 Å². The number of hydrogen-bond acceptors (Lipinski definition) is 7. The van der Waals surface area contributed by atoms with Crippen LogP contribution in [0.3, 0.4) is 0 Å². The Morgan fingerprint density at radius 3 is 2.17 bits per heavy atom. The molecule has 40 heavy (non-hydrogen) atoms. The highest BCUT2D eigenvalue weighted by Crippen LogP contribution is 2.32. The smallest absolute Gasteiger partial charge is 0.251 e. The highest BCUT2D eigenvalue weighted by molar-refractivity contribution is 6.01. The van der Waals surface area contributed by atoms with Gasteiger partial charge in [0.25, 0.3) is 5.91 Å². The van der Waals surface area contributed by atoms with Crippen molar-refractivity contribution >= 4 is 29.2 Å². The fraction of sp³-hybridized carbons (Fsp3) is 0.667. The van der Waals surface area contributed by atoms with E-state index in [9.17, 15) is 19.2 Å². The summed E-state index contributed by atoms with van der Waals surface area (Å²) in [6.07, 6.45) is 0.963. The van der Waals surface area contributed by atoms with Gasteiger partial charge < -0.3 is 30.7 Å². The SMILES string of the molecule is CC(C)CC(NC(=O)c1ccc(N2CCN(C)CC2)cc1)C(=O)N1CCC2C1C(=O)CN2C(=O)C(N)C(C)(C)C. The van der Waals surface area contributed by atoms with Gasteiger partial charge in [-0.25, -0.2) is 0 Å². The second kappa shape index (κ2) is 11.9. The molecule has 0 aromatic heterocycles. The molecule has 10 nitrogen and oxygen atoms in total. The van der Waals surface area contributed by atoms with E-state index in [-0.39, 0.29) is 42.0 Å². The quantitative estimate of drug-likeness (QED) is 0.522. The molecular weight excluding hydrogens is 508 g/mol. The molecule has 10 heteroatoms. The molecule has 3 aliphatic rings. The summed E-state index contributed by atoms with van der Waals surface area (Å²) >= 11 is 0. The molecule has 3 amide bonds. The van der Waals surface area contributed by atoms with E-state index >= 15 is 0 Å². The van der Waals surface area contributed by atoms with E-state index in [1.54, 1.807) is 21.9 Å². The molecule has 4 atom stereocenters. The summed E-state index contributed by atoms with van der Waals surface area (Å²) in [4.78, 5) is 61.1. The van der Waals surface area contributed by atoms with E-state index in [0.29, 0.717) is 24.9 Å². The number of likely N-dealkylation sites (N-methyl/N-ethyl adjacent to an activating group) is 1. The Morgan fingerprint density at radius 2 is 1.60 bits per heavy atom. The molecule has 0 saturated carbocycles. The Bertz CT molecular complexity index is 1110. The molecule has 3 fully saturated rings. The van der Waals surface area contributed by atoms with Gasteiger partial charge in [-0.05, 0) is 55.5 Å². The van der Waals surface area contributed by atoms with Crippen molar-refractivity contribution in [1.82, 2.24) is 20.0 Å². The third-order valence-corrected chi connectivity index (χ3v) is 8.50. The molecule has 0 spiro atoms. The lowest BCUT2D eigenvalue weighted by molar-refractivity contribution is -0.138. The van der Waals surface area contributed by atoms with Gasteiger partial charge in [0.15, 0.2) is 5.78 Å². The number of nitrogens with one attached hydrogen (secondary N) is 1. The number of nitrogens with two attached hydrogens (primary N) is 1. The second-order valence-electron chi connectivity index (χ2n) is 13.1. The summed E-state index contributed by atoms with van der Waals surface area (Å²) in [5.74, 6) is -0.847. The first kappa shape index (κ1) is 30.0. The summed E-state index contributed by atoms with van der Waals surface area (Å²) in [6.45, 7) is 13.9. The van der Waals surface area contributed by atoms with E-state index in [4.69, 9.17) is 5.73 Å². The lowest BCUT2D eigenvalue weighted by Gasteiger charge is -2.34. The minimum atomic E-state index is -0.766. The predicted molar refractivity (Wildman–Crippen MR) is 155 cm³/mol. The zero-order chi connectivity index (χ0) is 29.4. The number of fused-ring (bicyclic) bond motifs is 1. The highest BCUT2D eigenvalue weighted by Gasteiger charge is 2.53. The van der Waals surface area contributed by atoms with Crippen molar-refractivity contribution in [1.29, 1.82) is 0 Å². The predicted octanol–water partition coefficient (Wildman–Crippen LogP) is 1.34. The van der Waals surface area contributed by atoms with Crippen LogP contribution in [-0.2, 0) is 14.4 Å². The standard InChI is InChI=1S/C30H46N6O4/c1-19(2)17-22(32-27(38)20-7-9-21(10-8-20)34-15-13-33(6)14-16-34)28(39)35-12-11-23-25(35)24(37)18-36(23)29(40)26(31)30(3,4)5/h7-10,19,22-23,25-26H,11-18,31H2,1-6H3,(H,32,38). The number of hydrogen-bond donors (Lipinski definition) is 2. The minimum absolute atomic E-state index is 0.0391. The molecule has 3 N–H and O–H groups in total. The van der Waals surface area contributed by atoms with Crippen LogP contribution in [0.5, 0.6) is 0 Å². The third-order valence-electron chi connectivity index (χ3n) is 8.50. The summed E-state index contributed by atoms with van der Waals surface area (Å²) in [5.41, 5.74) is 7.36. The Kier molecular flexibility index (Phi) is 8.89. The van der Waals surface area contributed by atoms with Crippen LogP contribution in [0.2, 0.25) is 0 Å². The van der Waals surface area contributed by atoms with Crippen LogP contribution >= 0.6 is 0 Å². The van der Waals surface area contributed by atoms with E-state index in [1.807, 2.05) is 46.8 Å². The number of Topliss-reactive ketones (excluding diaryl/α,β-unsaturated/α-hetero) is 1. The number of rotatable bonds is 7. The Morgan fingerprint density at radius 1 is 0.975 bits per heavy atom. The summed E-state index contributed by atoms with van der Waals surface area (Å²) in [6, 6.07) is 4.93. The van der Waals surface area contributed by atoms with Crippen LogP contribution in [0.25, 0.3) is 0 Å². The van der Waals surface area contributed by atoms with Crippen molar-refractivity contribution in [2.75, 3.05) is 51.2 Å². The molecule has 1 aromatic rings. The molecule has 1 aromatic carbocycles. The number of amides is 3. The van der Waals surface area contributed by atoms with E-state index in [0.717, 1.165) is 31.9 Å². The van der Waals surface area contributed by atoms with Crippen molar-refractivity contribution in [3.8, 4) is 0 Å². The molecule has 3 aliphatic heterocycles. The first-order valence-corrected chi connectivity index (χ1v) is 14.5. The average Bonchev–Trinajstić information content (AvgIpc) is 3.48. The lowest BCUT2D eigenvalue weighted by atomic mass is 9.86. The zero-order valence-corrected chi connectivity index (χ0v) is 24.9. The molecule has 3 saturated heterocycles. The van der Waals surface area contributed by atoms with Gasteiger partial charge >= 0.3 is 0 Å². The Labute approximate surface area is 238 Å². The van der Waals surface area contributed by atoms with Gasteiger partial charge in [-0.1, -0.05) is 34.6 Å². The summed E-state index contributed by atoms with van der Waals surface area (Å²) in [7, 11) is 2.11. The first-order valence-electron chi connectivity index (χ1n) is 14.5. The number of carbonyl (C=O) groups excluding carboxylic acids is 4. The van der Waals surface area contributed by atoms with Crippen molar-refractivity contribution in [2.24, 2.45) is 17.1 Å². The second-order valence-corrected chi connectivity index (χ2v) is 13.1.